The minimum Gasteiger partial charge on any atom is -0.330 e. The van der Waals surface area contributed by atoms with E-state index in [0.717, 1.165) is 33.1 Å². The van der Waals surface area contributed by atoms with Crippen LogP contribution in [0.15, 0.2) is 53.3 Å². The van der Waals surface area contributed by atoms with E-state index in [1.54, 1.807) is 23.7 Å². The molecule has 0 saturated carbocycles. The fraction of sp³-hybridized carbons (Fsp3) is 0.105. The Morgan fingerprint density at radius 2 is 1.67 bits per heavy atom. The molecule has 0 spiro atoms. The number of fused-ring (bicyclic) bond motifs is 3. The van der Waals surface area contributed by atoms with Gasteiger partial charge in [0.2, 0.25) is 0 Å². The lowest BCUT2D eigenvalue weighted by Crippen LogP contribution is -2.16. The van der Waals surface area contributed by atoms with Gasteiger partial charge in [0.05, 0.1) is 5.52 Å². The largest absolute Gasteiger partial charge is 0.330 e. The lowest BCUT2D eigenvalue weighted by atomic mass is 10.00. The molecule has 24 heavy (non-hydrogen) atoms. The SMILES string of the molecule is Cn1c(=O)ccc2c3c(-c4ccc(Cl)cc4Cl)cccc3n(C)c21. The molecule has 120 valence electrons. The summed E-state index contributed by atoms with van der Waals surface area (Å²) in [6.07, 6.45) is 0. The van der Waals surface area contributed by atoms with Crippen molar-refractivity contribution in [3.05, 3.63) is 68.9 Å². The quantitative estimate of drug-likeness (QED) is 0.471. The number of aryl methyl sites for hydroxylation is 2. The molecule has 0 bridgehead atoms. The summed E-state index contributed by atoms with van der Waals surface area (Å²) in [7, 11) is 3.76. The highest BCUT2D eigenvalue weighted by molar-refractivity contribution is 6.37. The Labute approximate surface area is 148 Å². The smallest absolute Gasteiger partial charge is 0.251 e. The summed E-state index contributed by atoms with van der Waals surface area (Å²) in [4.78, 5) is 12.0. The van der Waals surface area contributed by atoms with E-state index < -0.39 is 0 Å². The second-order valence-electron chi connectivity index (χ2n) is 5.85. The average molecular weight is 357 g/mol. The second-order valence-corrected chi connectivity index (χ2v) is 6.69. The molecule has 5 heteroatoms. The average Bonchev–Trinajstić information content (AvgIpc) is 2.85. The molecule has 4 aromatic rings. The molecule has 0 N–H and O–H groups in total. The van der Waals surface area contributed by atoms with Gasteiger partial charge in [0, 0.05) is 46.5 Å². The van der Waals surface area contributed by atoms with Gasteiger partial charge in [-0.1, -0.05) is 41.4 Å². The van der Waals surface area contributed by atoms with Gasteiger partial charge in [0.25, 0.3) is 5.56 Å². The van der Waals surface area contributed by atoms with Crippen molar-refractivity contribution < 1.29 is 0 Å². The summed E-state index contributed by atoms with van der Waals surface area (Å²) in [6.45, 7) is 0. The number of rotatable bonds is 1. The third-order valence-electron chi connectivity index (χ3n) is 4.49. The Kier molecular flexibility index (Phi) is 3.44. The van der Waals surface area contributed by atoms with Crippen LogP contribution >= 0.6 is 23.2 Å². The van der Waals surface area contributed by atoms with Gasteiger partial charge in [-0.05, 0) is 29.8 Å². The van der Waals surface area contributed by atoms with E-state index in [4.69, 9.17) is 23.2 Å². The third kappa shape index (κ3) is 2.09. The van der Waals surface area contributed by atoms with Crippen LogP contribution in [-0.2, 0) is 14.1 Å². The van der Waals surface area contributed by atoms with E-state index in [1.807, 2.05) is 48.0 Å². The fourth-order valence-corrected chi connectivity index (χ4v) is 3.89. The monoisotopic (exact) mass is 356 g/mol. The van der Waals surface area contributed by atoms with Crippen LogP contribution in [0.3, 0.4) is 0 Å². The number of halogens is 2. The highest BCUT2D eigenvalue weighted by atomic mass is 35.5. The van der Waals surface area contributed by atoms with Crippen LogP contribution in [0, 0.1) is 0 Å². The van der Waals surface area contributed by atoms with Crippen LogP contribution in [0.1, 0.15) is 0 Å². The summed E-state index contributed by atoms with van der Waals surface area (Å²) in [5, 5.41) is 3.32. The Morgan fingerprint density at radius 1 is 0.875 bits per heavy atom. The Hall–Kier alpha value is -2.23. The summed E-state index contributed by atoms with van der Waals surface area (Å²) < 4.78 is 3.71. The Balaban J connectivity index is 2.21. The van der Waals surface area contributed by atoms with Crippen molar-refractivity contribution in [1.29, 1.82) is 0 Å². The summed E-state index contributed by atoms with van der Waals surface area (Å²) in [5.41, 5.74) is 3.86. The van der Waals surface area contributed by atoms with E-state index in [1.165, 1.54) is 0 Å². The van der Waals surface area contributed by atoms with E-state index in [9.17, 15) is 4.79 Å². The molecule has 0 fully saturated rings. The van der Waals surface area contributed by atoms with Crippen molar-refractivity contribution in [3.63, 3.8) is 0 Å². The predicted octanol–water partition coefficient (Wildman–Crippen LogP) is 5.00. The van der Waals surface area contributed by atoms with Crippen LogP contribution in [0.5, 0.6) is 0 Å². The first-order valence-corrected chi connectivity index (χ1v) is 8.27. The molecule has 0 aliphatic carbocycles. The first-order valence-electron chi connectivity index (χ1n) is 7.51. The first kappa shape index (κ1) is 15.3. The zero-order valence-corrected chi connectivity index (χ0v) is 14.7. The second kappa shape index (κ2) is 5.40. The maximum absolute atomic E-state index is 12.0. The molecule has 0 aliphatic rings. The molecular weight excluding hydrogens is 343 g/mol. The summed E-state index contributed by atoms with van der Waals surface area (Å²) in [5.74, 6) is 0. The summed E-state index contributed by atoms with van der Waals surface area (Å²) in [6, 6.07) is 15.1. The normalized spacial score (nSPS) is 11.5. The molecule has 2 heterocycles. The molecule has 2 aromatic heterocycles. The molecule has 3 nitrogen and oxygen atoms in total. The number of hydrogen-bond donors (Lipinski definition) is 0. The van der Waals surface area contributed by atoms with E-state index in [-0.39, 0.29) is 5.56 Å². The lowest BCUT2D eigenvalue weighted by molar-refractivity contribution is 0.845. The van der Waals surface area contributed by atoms with Gasteiger partial charge < -0.3 is 4.57 Å². The van der Waals surface area contributed by atoms with E-state index >= 15 is 0 Å². The van der Waals surface area contributed by atoms with Crippen molar-refractivity contribution >= 4 is 45.1 Å². The van der Waals surface area contributed by atoms with Crippen molar-refractivity contribution in [3.8, 4) is 11.1 Å². The molecule has 0 aliphatic heterocycles. The standard InChI is InChI=1S/C19H14Cl2N2O/c1-22-16-5-3-4-13(12-7-6-11(20)10-15(12)21)18(16)14-8-9-17(24)23(2)19(14)22/h3-10H,1-2H3. The third-order valence-corrected chi connectivity index (χ3v) is 5.04. The van der Waals surface area contributed by atoms with Gasteiger partial charge in [0.15, 0.2) is 0 Å². The maximum Gasteiger partial charge on any atom is 0.251 e. The number of benzene rings is 2. The highest BCUT2D eigenvalue weighted by Crippen LogP contribution is 2.38. The van der Waals surface area contributed by atoms with Gasteiger partial charge in [0.1, 0.15) is 5.65 Å². The Morgan fingerprint density at radius 3 is 2.42 bits per heavy atom. The number of nitrogens with zero attached hydrogens (tertiary/aromatic N) is 2. The minimum atomic E-state index is -0.0283. The van der Waals surface area contributed by atoms with Gasteiger partial charge in [-0.15, -0.1) is 0 Å². The van der Waals surface area contributed by atoms with Crippen LogP contribution in [0.25, 0.3) is 33.1 Å². The minimum absolute atomic E-state index is 0.0283. The number of aromatic nitrogens is 2. The van der Waals surface area contributed by atoms with E-state index in [2.05, 4.69) is 0 Å². The summed E-state index contributed by atoms with van der Waals surface area (Å²) >= 11 is 12.5. The van der Waals surface area contributed by atoms with Crippen LogP contribution in [0.4, 0.5) is 0 Å². The maximum atomic E-state index is 12.0. The Bertz CT molecular complexity index is 1170. The number of hydrogen-bond acceptors (Lipinski definition) is 1. The van der Waals surface area contributed by atoms with Crippen LogP contribution in [-0.4, -0.2) is 9.13 Å². The van der Waals surface area contributed by atoms with Gasteiger partial charge in [-0.25, -0.2) is 0 Å². The topological polar surface area (TPSA) is 26.9 Å². The number of pyridine rings is 1. The molecule has 0 amide bonds. The predicted molar refractivity (Wildman–Crippen MR) is 101 cm³/mol. The van der Waals surface area contributed by atoms with Crippen molar-refractivity contribution in [2.75, 3.05) is 0 Å². The first-order chi connectivity index (χ1) is 11.5. The lowest BCUT2D eigenvalue weighted by Gasteiger charge is -2.07. The zero-order chi connectivity index (χ0) is 17.0. The molecule has 0 saturated heterocycles. The zero-order valence-electron chi connectivity index (χ0n) is 13.2. The van der Waals surface area contributed by atoms with Crippen molar-refractivity contribution in [2.24, 2.45) is 14.1 Å². The van der Waals surface area contributed by atoms with Gasteiger partial charge >= 0.3 is 0 Å². The van der Waals surface area contributed by atoms with Crippen LogP contribution < -0.4 is 5.56 Å². The van der Waals surface area contributed by atoms with Crippen molar-refractivity contribution in [2.45, 2.75) is 0 Å². The molecule has 4 rings (SSSR count). The molecule has 0 atom stereocenters. The van der Waals surface area contributed by atoms with Crippen molar-refractivity contribution in [1.82, 2.24) is 9.13 Å². The fourth-order valence-electron chi connectivity index (χ4n) is 3.38. The molecular formula is C19H14Cl2N2O. The molecule has 0 radical (unpaired) electrons. The van der Waals surface area contributed by atoms with Gasteiger partial charge in [-0.3, -0.25) is 9.36 Å². The highest BCUT2D eigenvalue weighted by Gasteiger charge is 2.16. The molecule has 0 unspecified atom stereocenters. The molecule has 2 aromatic carbocycles. The van der Waals surface area contributed by atoms with Gasteiger partial charge in [-0.2, -0.15) is 0 Å². The van der Waals surface area contributed by atoms with Crippen LogP contribution in [0.2, 0.25) is 10.0 Å². The van der Waals surface area contributed by atoms with E-state index in [0.29, 0.717) is 10.0 Å².